The number of aldehydes is 1. The molecule has 1 atom stereocenters. The molecule has 0 heterocycles. The summed E-state index contributed by atoms with van der Waals surface area (Å²) in [5, 5.41) is 15.9. The second-order valence-corrected chi connectivity index (χ2v) is 2.02. The predicted octanol–water partition coefficient (Wildman–Crippen LogP) is 0.437. The Morgan fingerprint density at radius 2 is 2.00 bits per heavy atom. The van der Waals surface area contributed by atoms with Gasteiger partial charge < -0.3 is 15.0 Å². The molecule has 0 saturated carbocycles. The highest BCUT2D eigenvalue weighted by Gasteiger charge is 1.87. The third-order valence-corrected chi connectivity index (χ3v) is 0.661. The number of carboxylic acids is 1. The second kappa shape index (κ2) is 9.10. The minimum Gasteiger partial charge on any atom is -0.481 e. The zero-order valence-corrected chi connectivity index (χ0v) is 6.78. The smallest absolute Gasteiger partial charge is 0.303 e. The van der Waals surface area contributed by atoms with Crippen LogP contribution in [0, 0.1) is 0 Å². The van der Waals surface area contributed by atoms with Crippen LogP contribution in [-0.2, 0) is 9.59 Å². The topological polar surface area (TPSA) is 74.6 Å². The van der Waals surface area contributed by atoms with E-state index in [9.17, 15) is 9.59 Å². The van der Waals surface area contributed by atoms with E-state index in [2.05, 4.69) is 0 Å². The number of aliphatic hydroxyl groups is 1. The van der Waals surface area contributed by atoms with E-state index < -0.39 is 12.1 Å². The number of rotatable bonds is 3. The second-order valence-electron chi connectivity index (χ2n) is 2.02. The molecule has 11 heavy (non-hydrogen) atoms. The third-order valence-electron chi connectivity index (χ3n) is 0.661. The van der Waals surface area contributed by atoms with Crippen molar-refractivity contribution < 1.29 is 19.8 Å². The molecule has 0 rings (SSSR count). The summed E-state index contributed by atoms with van der Waals surface area (Å²) in [6.07, 6.45) is 0.699. The summed E-state index contributed by atoms with van der Waals surface area (Å²) in [4.78, 5) is 18.9. The quantitative estimate of drug-likeness (QED) is 0.590. The standard InChI is InChI=1S/C4H8O2.C3H6O2/c1-2-3-4(5)6;1-3(5)2-4/h2-3H2,1H3,(H,5,6);2-3,5H,1H3. The molecule has 4 nitrogen and oxygen atoms in total. The maximum Gasteiger partial charge on any atom is 0.303 e. The fourth-order valence-corrected chi connectivity index (χ4v) is 0.214. The van der Waals surface area contributed by atoms with E-state index in [1.807, 2.05) is 6.92 Å². The summed E-state index contributed by atoms with van der Waals surface area (Å²) in [5.74, 6) is -0.711. The minimum atomic E-state index is -0.796. The van der Waals surface area contributed by atoms with Crippen LogP contribution in [0.15, 0.2) is 0 Å². The highest BCUT2D eigenvalue weighted by Crippen LogP contribution is 1.82. The monoisotopic (exact) mass is 162 g/mol. The lowest BCUT2D eigenvalue weighted by atomic mass is 10.4. The lowest BCUT2D eigenvalue weighted by Crippen LogP contribution is -1.97. The molecular formula is C7H14O4. The number of hydrogen-bond donors (Lipinski definition) is 2. The molecule has 0 aliphatic rings. The van der Waals surface area contributed by atoms with Gasteiger partial charge in [-0.3, -0.25) is 4.79 Å². The molecule has 2 N–H and O–H groups in total. The summed E-state index contributed by atoms with van der Waals surface area (Å²) in [6.45, 7) is 3.25. The van der Waals surface area contributed by atoms with Gasteiger partial charge in [0.05, 0.1) is 0 Å². The van der Waals surface area contributed by atoms with Gasteiger partial charge in [0, 0.05) is 6.42 Å². The first-order valence-electron chi connectivity index (χ1n) is 3.39. The van der Waals surface area contributed by atoms with Crippen molar-refractivity contribution in [1.82, 2.24) is 0 Å². The number of carboxylic acid groups (broad SMARTS) is 1. The largest absolute Gasteiger partial charge is 0.481 e. The van der Waals surface area contributed by atoms with Crippen molar-refractivity contribution in [3.8, 4) is 0 Å². The minimum absolute atomic E-state index is 0.292. The summed E-state index contributed by atoms with van der Waals surface area (Å²) in [5.41, 5.74) is 0. The Morgan fingerprint density at radius 3 is 2.00 bits per heavy atom. The molecule has 0 saturated heterocycles. The van der Waals surface area contributed by atoms with E-state index in [0.717, 1.165) is 6.42 Å². The van der Waals surface area contributed by atoms with Crippen molar-refractivity contribution in [3.05, 3.63) is 0 Å². The fourth-order valence-electron chi connectivity index (χ4n) is 0.214. The zero-order valence-electron chi connectivity index (χ0n) is 6.78. The zero-order chi connectivity index (χ0) is 9.28. The predicted molar refractivity (Wildman–Crippen MR) is 40.3 cm³/mol. The molecular weight excluding hydrogens is 148 g/mol. The van der Waals surface area contributed by atoms with Gasteiger partial charge in [-0.25, -0.2) is 0 Å². The number of carbonyl (C=O) groups excluding carboxylic acids is 1. The van der Waals surface area contributed by atoms with Crippen LogP contribution < -0.4 is 0 Å². The molecule has 0 bridgehead atoms. The first kappa shape index (κ1) is 12.7. The van der Waals surface area contributed by atoms with E-state index in [4.69, 9.17) is 10.2 Å². The maximum absolute atomic E-state index is 9.60. The van der Waals surface area contributed by atoms with Crippen LogP contribution in [0.5, 0.6) is 0 Å². The van der Waals surface area contributed by atoms with Crippen LogP contribution in [0.25, 0.3) is 0 Å². The number of aliphatic carboxylic acids is 1. The SMILES string of the molecule is CC(O)C=O.CCCC(=O)O. The molecule has 66 valence electrons. The molecule has 0 radical (unpaired) electrons. The van der Waals surface area contributed by atoms with Crippen molar-refractivity contribution in [1.29, 1.82) is 0 Å². The first-order chi connectivity index (χ1) is 5.04. The molecule has 0 aromatic rings. The summed E-state index contributed by atoms with van der Waals surface area (Å²) in [7, 11) is 0. The molecule has 4 heteroatoms. The lowest BCUT2D eigenvalue weighted by Gasteiger charge is -1.79. The Labute approximate surface area is 65.8 Å². The Balaban J connectivity index is 0. The van der Waals surface area contributed by atoms with Gasteiger partial charge >= 0.3 is 5.97 Å². The van der Waals surface area contributed by atoms with E-state index >= 15 is 0 Å². The van der Waals surface area contributed by atoms with Crippen molar-refractivity contribution in [2.24, 2.45) is 0 Å². The van der Waals surface area contributed by atoms with Gasteiger partial charge in [-0.1, -0.05) is 6.92 Å². The maximum atomic E-state index is 9.60. The summed E-state index contributed by atoms with van der Waals surface area (Å²) < 4.78 is 0. The first-order valence-corrected chi connectivity index (χ1v) is 3.39. The molecule has 0 aliphatic heterocycles. The van der Waals surface area contributed by atoms with E-state index in [1.54, 1.807) is 0 Å². The number of carbonyl (C=O) groups is 2. The van der Waals surface area contributed by atoms with Crippen molar-refractivity contribution in [2.45, 2.75) is 32.8 Å². The Kier molecular flexibility index (Phi) is 10.5. The van der Waals surface area contributed by atoms with Crippen LogP contribution >= 0.6 is 0 Å². The Bertz CT molecular complexity index is 109. The highest BCUT2D eigenvalue weighted by atomic mass is 16.4. The molecule has 0 fully saturated rings. The van der Waals surface area contributed by atoms with Crippen LogP contribution in [0.4, 0.5) is 0 Å². The Morgan fingerprint density at radius 1 is 1.64 bits per heavy atom. The fraction of sp³-hybridized carbons (Fsp3) is 0.714. The third kappa shape index (κ3) is 27.3. The van der Waals surface area contributed by atoms with Gasteiger partial charge in [-0.2, -0.15) is 0 Å². The Hall–Kier alpha value is -0.900. The molecule has 1 unspecified atom stereocenters. The average molecular weight is 162 g/mol. The number of aliphatic hydroxyl groups excluding tert-OH is 1. The van der Waals surface area contributed by atoms with E-state index in [-0.39, 0.29) is 0 Å². The van der Waals surface area contributed by atoms with Crippen LogP contribution in [0.3, 0.4) is 0 Å². The van der Waals surface area contributed by atoms with Gasteiger partial charge in [-0.15, -0.1) is 0 Å². The van der Waals surface area contributed by atoms with Crippen molar-refractivity contribution in [3.63, 3.8) is 0 Å². The average Bonchev–Trinajstić information content (AvgIpc) is 1.89. The van der Waals surface area contributed by atoms with Crippen molar-refractivity contribution in [2.75, 3.05) is 0 Å². The molecule has 0 spiro atoms. The molecule has 0 amide bonds. The molecule has 0 aromatic heterocycles. The van der Waals surface area contributed by atoms with Gasteiger partial charge in [-0.05, 0) is 13.3 Å². The van der Waals surface area contributed by atoms with Gasteiger partial charge in [0.1, 0.15) is 12.4 Å². The summed E-state index contributed by atoms with van der Waals surface area (Å²) in [6, 6.07) is 0. The van der Waals surface area contributed by atoms with Gasteiger partial charge in [0.15, 0.2) is 0 Å². The number of hydrogen-bond acceptors (Lipinski definition) is 3. The molecule has 0 aliphatic carbocycles. The van der Waals surface area contributed by atoms with Crippen molar-refractivity contribution >= 4 is 12.3 Å². The van der Waals surface area contributed by atoms with Crippen LogP contribution in [0.2, 0.25) is 0 Å². The van der Waals surface area contributed by atoms with Crippen LogP contribution in [0.1, 0.15) is 26.7 Å². The van der Waals surface area contributed by atoms with Gasteiger partial charge in [0.2, 0.25) is 0 Å². The lowest BCUT2D eigenvalue weighted by molar-refractivity contribution is -0.137. The van der Waals surface area contributed by atoms with Crippen LogP contribution in [-0.4, -0.2) is 28.6 Å². The highest BCUT2D eigenvalue weighted by molar-refractivity contribution is 5.66. The van der Waals surface area contributed by atoms with E-state index in [0.29, 0.717) is 12.7 Å². The van der Waals surface area contributed by atoms with Gasteiger partial charge in [0.25, 0.3) is 0 Å². The normalized spacial score (nSPS) is 10.8. The van der Waals surface area contributed by atoms with E-state index in [1.165, 1.54) is 6.92 Å². The summed E-state index contributed by atoms with van der Waals surface area (Å²) >= 11 is 0. The molecule has 0 aromatic carbocycles.